The van der Waals surface area contributed by atoms with Crippen LogP contribution >= 0.6 is 0 Å². The van der Waals surface area contributed by atoms with Gasteiger partial charge >= 0.3 is 5.97 Å². The Kier molecular flexibility index (Phi) is 4.15. The molecule has 1 aliphatic carbocycles. The van der Waals surface area contributed by atoms with Gasteiger partial charge < -0.3 is 10.0 Å². The molecule has 0 unspecified atom stereocenters. The van der Waals surface area contributed by atoms with Crippen LogP contribution in [-0.2, 0) is 19.6 Å². The Morgan fingerprint density at radius 1 is 1.00 bits per heavy atom. The molecule has 1 saturated carbocycles. The van der Waals surface area contributed by atoms with Crippen LogP contribution in [0.4, 0.5) is 0 Å². The van der Waals surface area contributed by atoms with E-state index in [4.69, 9.17) is 5.11 Å². The van der Waals surface area contributed by atoms with E-state index in [9.17, 15) is 18.0 Å². The highest BCUT2D eigenvalue weighted by atomic mass is 32.2. The molecule has 2 saturated heterocycles. The van der Waals surface area contributed by atoms with Crippen molar-refractivity contribution in [3.63, 3.8) is 0 Å². The molecule has 124 valence electrons. The standard InChI is InChI=1S/C14H22N2O5S/c17-13(10-4-1-2-5-10)15-8-11(9-15)22(20,21)16-7-3-6-12(16)14(18)19/h10-12H,1-9H2,(H,18,19)/t12-/m0/s1. The van der Waals surface area contributed by atoms with E-state index in [1.54, 1.807) is 4.90 Å². The van der Waals surface area contributed by atoms with E-state index in [1.165, 1.54) is 0 Å². The number of carboxylic acid groups (broad SMARTS) is 1. The molecule has 0 aromatic heterocycles. The second-order valence-corrected chi connectivity index (χ2v) is 8.66. The van der Waals surface area contributed by atoms with Gasteiger partial charge in [-0.3, -0.25) is 9.59 Å². The van der Waals surface area contributed by atoms with Gasteiger partial charge in [0.2, 0.25) is 15.9 Å². The van der Waals surface area contributed by atoms with Gasteiger partial charge in [0.25, 0.3) is 0 Å². The number of hydrogen-bond acceptors (Lipinski definition) is 4. The highest BCUT2D eigenvalue weighted by Crippen LogP contribution is 2.31. The van der Waals surface area contributed by atoms with Crippen LogP contribution in [0, 0.1) is 5.92 Å². The van der Waals surface area contributed by atoms with Crippen LogP contribution in [0.5, 0.6) is 0 Å². The van der Waals surface area contributed by atoms with Crippen molar-refractivity contribution in [2.45, 2.75) is 49.8 Å². The molecule has 1 atom stereocenters. The Morgan fingerprint density at radius 2 is 1.64 bits per heavy atom. The lowest BCUT2D eigenvalue weighted by atomic mass is 10.0. The fraction of sp³-hybridized carbons (Fsp3) is 0.857. The first kappa shape index (κ1) is 15.7. The summed E-state index contributed by atoms with van der Waals surface area (Å²) in [6.45, 7) is 0.688. The molecule has 0 radical (unpaired) electrons. The van der Waals surface area contributed by atoms with Gasteiger partial charge in [0.1, 0.15) is 11.3 Å². The third kappa shape index (κ3) is 2.62. The fourth-order valence-corrected chi connectivity index (χ4v) is 5.77. The molecule has 0 aromatic carbocycles. The average molecular weight is 330 g/mol. The minimum absolute atomic E-state index is 0.0576. The molecule has 3 rings (SSSR count). The highest BCUT2D eigenvalue weighted by Gasteiger charge is 2.48. The predicted octanol–water partition coefficient (Wildman–Crippen LogP) is 0.266. The number of carbonyl (C=O) groups is 2. The van der Waals surface area contributed by atoms with Crippen LogP contribution in [0.3, 0.4) is 0 Å². The second-order valence-electron chi connectivity index (χ2n) is 6.50. The number of likely N-dealkylation sites (tertiary alicyclic amines) is 1. The summed E-state index contributed by atoms with van der Waals surface area (Å²) in [5, 5.41) is 8.49. The third-order valence-corrected chi connectivity index (χ3v) is 7.33. The summed E-state index contributed by atoms with van der Waals surface area (Å²) in [6, 6.07) is -0.940. The summed E-state index contributed by atoms with van der Waals surface area (Å²) in [6.07, 6.45) is 4.89. The largest absolute Gasteiger partial charge is 0.480 e. The lowest BCUT2D eigenvalue weighted by Gasteiger charge is -2.41. The molecule has 0 spiro atoms. The number of carbonyl (C=O) groups excluding carboxylic acids is 1. The normalized spacial score (nSPS) is 28.0. The van der Waals surface area contributed by atoms with Gasteiger partial charge in [-0.25, -0.2) is 8.42 Å². The predicted molar refractivity (Wildman–Crippen MR) is 78.6 cm³/mol. The van der Waals surface area contributed by atoms with Gasteiger partial charge in [-0.15, -0.1) is 0 Å². The van der Waals surface area contributed by atoms with Crippen molar-refractivity contribution in [1.82, 2.24) is 9.21 Å². The van der Waals surface area contributed by atoms with Crippen LogP contribution < -0.4 is 0 Å². The Labute approximate surface area is 130 Å². The molecule has 22 heavy (non-hydrogen) atoms. The Morgan fingerprint density at radius 3 is 2.23 bits per heavy atom. The SMILES string of the molecule is O=C(O)[C@@H]1CCCN1S(=O)(=O)C1CN(C(=O)C2CCCC2)C1. The summed E-state index contributed by atoms with van der Waals surface area (Å²) < 4.78 is 26.2. The first-order chi connectivity index (χ1) is 10.4. The lowest BCUT2D eigenvalue weighted by molar-refractivity contribution is -0.141. The van der Waals surface area contributed by atoms with Crippen molar-refractivity contribution in [3.05, 3.63) is 0 Å². The fourth-order valence-electron chi connectivity index (χ4n) is 3.72. The van der Waals surface area contributed by atoms with Gasteiger partial charge in [0.05, 0.1) is 0 Å². The van der Waals surface area contributed by atoms with Crippen LogP contribution in [0.15, 0.2) is 0 Å². The van der Waals surface area contributed by atoms with E-state index < -0.39 is 27.3 Å². The van der Waals surface area contributed by atoms with E-state index in [2.05, 4.69) is 0 Å². The number of aliphatic carboxylic acids is 1. The second kappa shape index (κ2) is 5.81. The van der Waals surface area contributed by atoms with E-state index >= 15 is 0 Å². The van der Waals surface area contributed by atoms with Crippen LogP contribution in [0.2, 0.25) is 0 Å². The van der Waals surface area contributed by atoms with Gasteiger partial charge in [-0.1, -0.05) is 12.8 Å². The molecular formula is C14H22N2O5S. The molecule has 2 heterocycles. The molecule has 0 bridgehead atoms. The monoisotopic (exact) mass is 330 g/mol. The summed E-state index contributed by atoms with van der Waals surface area (Å²) >= 11 is 0. The van der Waals surface area contributed by atoms with Crippen molar-refractivity contribution >= 4 is 21.9 Å². The van der Waals surface area contributed by atoms with E-state index in [1.807, 2.05) is 0 Å². The third-order valence-electron chi connectivity index (χ3n) is 5.10. The maximum atomic E-state index is 12.5. The highest BCUT2D eigenvalue weighted by molar-refractivity contribution is 7.89. The number of amides is 1. The summed E-state index contributed by atoms with van der Waals surface area (Å²) in [4.78, 5) is 25.0. The molecule has 1 amide bonds. The number of hydrogen-bond donors (Lipinski definition) is 1. The molecule has 3 aliphatic rings. The van der Waals surface area contributed by atoms with Crippen molar-refractivity contribution < 1.29 is 23.1 Å². The lowest BCUT2D eigenvalue weighted by Crippen LogP contribution is -2.61. The number of sulfonamides is 1. The van der Waals surface area contributed by atoms with Crippen molar-refractivity contribution in [2.24, 2.45) is 5.92 Å². The molecule has 8 heteroatoms. The zero-order valence-corrected chi connectivity index (χ0v) is 13.3. The number of carboxylic acids is 1. The average Bonchev–Trinajstić information content (AvgIpc) is 3.08. The topological polar surface area (TPSA) is 95.0 Å². The van der Waals surface area contributed by atoms with Crippen molar-refractivity contribution in [1.29, 1.82) is 0 Å². The summed E-state index contributed by atoms with van der Waals surface area (Å²) in [5.74, 6) is -0.957. The smallest absolute Gasteiger partial charge is 0.322 e. The minimum atomic E-state index is -3.63. The molecule has 7 nitrogen and oxygen atoms in total. The Bertz CT molecular complexity index is 564. The quantitative estimate of drug-likeness (QED) is 0.798. The molecule has 2 aliphatic heterocycles. The minimum Gasteiger partial charge on any atom is -0.480 e. The molecule has 0 aromatic rings. The van der Waals surface area contributed by atoms with E-state index in [0.717, 1.165) is 30.0 Å². The van der Waals surface area contributed by atoms with Crippen LogP contribution in [0.1, 0.15) is 38.5 Å². The van der Waals surface area contributed by atoms with E-state index in [0.29, 0.717) is 12.8 Å². The molecule has 1 N–H and O–H groups in total. The van der Waals surface area contributed by atoms with Gasteiger partial charge in [0, 0.05) is 25.6 Å². The zero-order valence-electron chi connectivity index (χ0n) is 12.5. The molecule has 3 fully saturated rings. The first-order valence-corrected chi connectivity index (χ1v) is 9.44. The summed E-state index contributed by atoms with van der Waals surface area (Å²) in [7, 11) is -3.63. The van der Waals surface area contributed by atoms with Crippen LogP contribution in [-0.4, -0.2) is 65.5 Å². The first-order valence-electron chi connectivity index (χ1n) is 7.93. The summed E-state index contributed by atoms with van der Waals surface area (Å²) in [5.41, 5.74) is 0. The maximum absolute atomic E-state index is 12.5. The maximum Gasteiger partial charge on any atom is 0.322 e. The van der Waals surface area contributed by atoms with Crippen LogP contribution in [0.25, 0.3) is 0 Å². The van der Waals surface area contributed by atoms with Gasteiger partial charge in [-0.05, 0) is 25.7 Å². The number of nitrogens with zero attached hydrogens (tertiary/aromatic N) is 2. The Hall–Kier alpha value is -1.15. The van der Waals surface area contributed by atoms with E-state index in [-0.39, 0.29) is 31.5 Å². The van der Waals surface area contributed by atoms with Gasteiger partial charge in [-0.2, -0.15) is 4.31 Å². The zero-order chi connectivity index (χ0) is 15.9. The Balaban J connectivity index is 1.61. The van der Waals surface area contributed by atoms with Gasteiger partial charge in [0.15, 0.2) is 0 Å². The van der Waals surface area contributed by atoms with Crippen molar-refractivity contribution in [2.75, 3.05) is 19.6 Å². The number of rotatable bonds is 4. The molecular weight excluding hydrogens is 308 g/mol. The van der Waals surface area contributed by atoms with Crippen molar-refractivity contribution in [3.8, 4) is 0 Å².